The predicted molar refractivity (Wildman–Crippen MR) is 121 cm³/mol. The van der Waals surface area contributed by atoms with Gasteiger partial charge in [-0.3, -0.25) is 0 Å². The van der Waals surface area contributed by atoms with E-state index in [4.69, 9.17) is 4.74 Å². The maximum absolute atomic E-state index is 13.7. The molecule has 158 valence electrons. The van der Waals surface area contributed by atoms with E-state index in [0.29, 0.717) is 5.92 Å². The Bertz CT molecular complexity index is 917. The van der Waals surface area contributed by atoms with Gasteiger partial charge >= 0.3 is 0 Å². The molecule has 0 radical (unpaired) electrons. The number of piperidine rings is 1. The quantitative estimate of drug-likeness (QED) is 0.413. The lowest BCUT2D eigenvalue weighted by atomic mass is 9.98. The van der Waals surface area contributed by atoms with E-state index in [9.17, 15) is 4.39 Å². The van der Waals surface area contributed by atoms with Gasteiger partial charge in [-0.1, -0.05) is 27.7 Å². The van der Waals surface area contributed by atoms with Gasteiger partial charge in [-0.2, -0.15) is 0 Å². The molecule has 0 amide bonds. The first-order chi connectivity index (χ1) is 14.1. The van der Waals surface area contributed by atoms with E-state index in [1.54, 1.807) is 6.07 Å². The summed E-state index contributed by atoms with van der Waals surface area (Å²) in [6, 6.07) is 11.1. The second-order valence-corrected chi connectivity index (χ2v) is 7.21. The third-order valence-electron chi connectivity index (χ3n) is 5.31. The number of halogens is 1. The van der Waals surface area contributed by atoms with E-state index >= 15 is 0 Å². The number of nitrogens with zero attached hydrogens (tertiary/aromatic N) is 2. The number of aromatic nitrogens is 1. The van der Waals surface area contributed by atoms with E-state index in [1.165, 1.54) is 18.9 Å². The van der Waals surface area contributed by atoms with Gasteiger partial charge < -0.3 is 9.64 Å². The monoisotopic (exact) mass is 399 g/mol. The first-order valence-corrected chi connectivity index (χ1v) is 10.9. The highest BCUT2D eigenvalue weighted by Gasteiger charge is 2.17. The summed E-state index contributed by atoms with van der Waals surface area (Å²) in [6.45, 7) is 11.1. The normalized spacial score (nSPS) is 14.7. The Balaban J connectivity index is 0.000000707. The van der Waals surface area contributed by atoms with Crippen LogP contribution in [0.1, 0.15) is 40.5 Å². The fourth-order valence-corrected chi connectivity index (χ4v) is 3.74. The Kier molecular flexibility index (Phi) is 8.84. The van der Waals surface area contributed by atoms with Gasteiger partial charge in [0.25, 0.3) is 0 Å². The number of rotatable bonds is 3. The minimum absolute atomic E-state index is 0.206. The lowest BCUT2D eigenvalue weighted by Crippen LogP contribution is -2.32. The van der Waals surface area contributed by atoms with Gasteiger partial charge in [0.05, 0.1) is 17.4 Å². The van der Waals surface area contributed by atoms with Crippen LogP contribution in [0.2, 0.25) is 0 Å². The first kappa shape index (κ1) is 23.1. The van der Waals surface area contributed by atoms with E-state index in [-0.39, 0.29) is 5.82 Å². The van der Waals surface area contributed by atoms with Crippen molar-refractivity contribution in [1.82, 2.24) is 4.90 Å². The van der Waals surface area contributed by atoms with Crippen molar-refractivity contribution in [3.8, 4) is 5.75 Å². The summed E-state index contributed by atoms with van der Waals surface area (Å²) in [7, 11) is 4.17. The number of likely N-dealkylation sites (tertiary alicyclic amines) is 1. The van der Waals surface area contributed by atoms with E-state index in [2.05, 4.69) is 24.2 Å². The molecule has 1 saturated heterocycles. The molecule has 1 aliphatic heterocycles. The molecule has 4 rings (SSSR count). The molecule has 1 fully saturated rings. The molecule has 3 aromatic rings. The Labute approximate surface area is 175 Å². The molecule has 0 atom stereocenters. The SMILES string of the molecule is CC.CC.CN1CCC(COc2ccc3c(c2)c[n+](C)c2ccc(F)cc32)CC1. The predicted octanol–water partition coefficient (Wildman–Crippen LogP) is 5.73. The van der Waals surface area contributed by atoms with Gasteiger partial charge in [-0.05, 0) is 69.2 Å². The van der Waals surface area contributed by atoms with Gasteiger partial charge in [-0.15, -0.1) is 0 Å². The molecule has 0 N–H and O–H groups in total. The average molecular weight is 400 g/mol. The van der Waals surface area contributed by atoms with Crippen molar-refractivity contribution in [3.05, 3.63) is 48.4 Å². The number of hydrogen-bond acceptors (Lipinski definition) is 2. The molecule has 1 aromatic heterocycles. The summed E-state index contributed by atoms with van der Waals surface area (Å²) in [5, 5.41) is 3.06. The molecule has 0 bridgehead atoms. The molecule has 3 nitrogen and oxygen atoms in total. The second kappa shape index (κ2) is 11.1. The summed E-state index contributed by atoms with van der Waals surface area (Å²) >= 11 is 0. The number of aryl methyl sites for hydroxylation is 1. The molecular weight excluding hydrogens is 363 g/mol. The topological polar surface area (TPSA) is 16.4 Å². The molecule has 0 aliphatic carbocycles. The van der Waals surface area contributed by atoms with Crippen molar-refractivity contribution in [2.75, 3.05) is 26.7 Å². The summed E-state index contributed by atoms with van der Waals surface area (Å²) in [5.74, 6) is 1.32. The summed E-state index contributed by atoms with van der Waals surface area (Å²) in [6.07, 6.45) is 4.48. The molecule has 0 unspecified atom stereocenters. The lowest BCUT2D eigenvalue weighted by Gasteiger charge is -2.28. The van der Waals surface area contributed by atoms with Gasteiger partial charge in [0.15, 0.2) is 6.20 Å². The zero-order valence-corrected chi connectivity index (χ0v) is 18.8. The molecular formula is C25H36FN2O+. The average Bonchev–Trinajstić information content (AvgIpc) is 2.76. The standard InChI is InChI=1S/C21H24FN2O.2C2H6/c1-23-9-7-15(8-10-23)14-25-18-4-5-19-16(11-18)13-24(2)21-6-3-17(22)12-20(19)21;2*1-2/h3-6,11-13,15H,7-10,14H2,1-2H3;2*1-2H3/q+1;;. The highest BCUT2D eigenvalue weighted by Crippen LogP contribution is 2.27. The lowest BCUT2D eigenvalue weighted by molar-refractivity contribution is -0.643. The van der Waals surface area contributed by atoms with Crippen molar-refractivity contribution in [2.24, 2.45) is 13.0 Å². The van der Waals surface area contributed by atoms with Gasteiger partial charge in [0.2, 0.25) is 5.52 Å². The molecule has 1 aliphatic rings. The molecule has 4 heteroatoms. The molecule has 0 spiro atoms. The van der Waals surface area contributed by atoms with Gasteiger partial charge in [0.1, 0.15) is 18.6 Å². The van der Waals surface area contributed by atoms with Crippen LogP contribution in [0.5, 0.6) is 5.75 Å². The summed E-state index contributed by atoms with van der Waals surface area (Å²) < 4.78 is 21.8. The highest BCUT2D eigenvalue weighted by atomic mass is 19.1. The summed E-state index contributed by atoms with van der Waals surface area (Å²) in [4.78, 5) is 2.37. The van der Waals surface area contributed by atoms with Crippen LogP contribution in [0, 0.1) is 11.7 Å². The van der Waals surface area contributed by atoms with E-state index in [1.807, 2.05) is 57.5 Å². The maximum atomic E-state index is 13.7. The number of pyridine rings is 1. The third-order valence-corrected chi connectivity index (χ3v) is 5.31. The minimum atomic E-state index is -0.206. The Hall–Kier alpha value is -2.20. The third kappa shape index (κ3) is 5.66. The van der Waals surface area contributed by atoms with Crippen LogP contribution in [0.25, 0.3) is 21.7 Å². The van der Waals surface area contributed by atoms with Crippen LogP contribution in [-0.4, -0.2) is 31.6 Å². The van der Waals surface area contributed by atoms with E-state index in [0.717, 1.165) is 47.1 Å². The van der Waals surface area contributed by atoms with Crippen molar-refractivity contribution in [1.29, 1.82) is 0 Å². The number of hydrogen-bond donors (Lipinski definition) is 0. The smallest absolute Gasteiger partial charge is 0.213 e. The van der Waals surface area contributed by atoms with Crippen molar-refractivity contribution < 1.29 is 13.7 Å². The minimum Gasteiger partial charge on any atom is -0.493 e. The highest BCUT2D eigenvalue weighted by molar-refractivity contribution is 6.04. The van der Waals surface area contributed by atoms with Crippen LogP contribution in [0.3, 0.4) is 0 Å². The first-order valence-electron chi connectivity index (χ1n) is 10.9. The zero-order chi connectivity index (χ0) is 21.4. The second-order valence-electron chi connectivity index (χ2n) is 7.21. The van der Waals surface area contributed by atoms with Crippen molar-refractivity contribution in [2.45, 2.75) is 40.5 Å². The van der Waals surface area contributed by atoms with Crippen LogP contribution in [0.15, 0.2) is 42.6 Å². The number of ether oxygens (including phenoxy) is 1. The van der Waals surface area contributed by atoms with Crippen LogP contribution >= 0.6 is 0 Å². The fourth-order valence-electron chi connectivity index (χ4n) is 3.74. The van der Waals surface area contributed by atoms with Gasteiger partial charge in [0, 0.05) is 11.5 Å². The Morgan fingerprint density at radius 3 is 2.38 bits per heavy atom. The fraction of sp³-hybridized carbons (Fsp3) is 0.480. The van der Waals surface area contributed by atoms with Crippen molar-refractivity contribution in [3.63, 3.8) is 0 Å². The molecule has 0 saturated carbocycles. The summed E-state index contributed by atoms with van der Waals surface area (Å²) in [5.41, 5.74) is 1.02. The van der Waals surface area contributed by atoms with Crippen LogP contribution in [-0.2, 0) is 7.05 Å². The number of fused-ring (bicyclic) bond motifs is 3. The van der Waals surface area contributed by atoms with E-state index < -0.39 is 0 Å². The largest absolute Gasteiger partial charge is 0.493 e. The molecule has 29 heavy (non-hydrogen) atoms. The van der Waals surface area contributed by atoms with Crippen molar-refractivity contribution >= 4 is 21.7 Å². The zero-order valence-electron chi connectivity index (χ0n) is 18.8. The molecule has 2 heterocycles. The van der Waals surface area contributed by atoms with Crippen LogP contribution in [0.4, 0.5) is 4.39 Å². The van der Waals surface area contributed by atoms with Gasteiger partial charge in [-0.25, -0.2) is 8.96 Å². The Morgan fingerprint density at radius 1 is 1.00 bits per heavy atom. The maximum Gasteiger partial charge on any atom is 0.213 e. The van der Waals surface area contributed by atoms with Crippen LogP contribution < -0.4 is 9.30 Å². The number of benzene rings is 2. The molecule has 2 aromatic carbocycles. The Morgan fingerprint density at radius 2 is 1.69 bits per heavy atom.